The summed E-state index contributed by atoms with van der Waals surface area (Å²) in [5.74, 6) is -0.170. The van der Waals surface area contributed by atoms with Crippen molar-refractivity contribution < 1.29 is 18.3 Å². The summed E-state index contributed by atoms with van der Waals surface area (Å²) in [5, 5.41) is 11.4. The van der Waals surface area contributed by atoms with Crippen molar-refractivity contribution >= 4 is 21.9 Å². The number of aliphatic hydroxyl groups excluding tert-OH is 1. The summed E-state index contributed by atoms with van der Waals surface area (Å²) in [6, 6.07) is 0. The Morgan fingerprint density at radius 2 is 2.19 bits per heavy atom. The van der Waals surface area contributed by atoms with E-state index in [0.717, 1.165) is 6.20 Å². The summed E-state index contributed by atoms with van der Waals surface area (Å²) < 4.78 is 37.1. The molecule has 0 aliphatic heterocycles. The van der Waals surface area contributed by atoms with Crippen LogP contribution >= 0.6 is 15.9 Å². The van der Waals surface area contributed by atoms with Gasteiger partial charge in [-0.25, -0.2) is 9.97 Å². The highest BCUT2D eigenvalue weighted by atomic mass is 79.9. The van der Waals surface area contributed by atoms with E-state index in [1.165, 1.54) is 6.92 Å². The van der Waals surface area contributed by atoms with E-state index in [2.05, 4.69) is 31.2 Å². The van der Waals surface area contributed by atoms with E-state index in [9.17, 15) is 13.2 Å². The van der Waals surface area contributed by atoms with Crippen LogP contribution in [0.15, 0.2) is 10.7 Å². The van der Waals surface area contributed by atoms with Crippen LogP contribution in [0.5, 0.6) is 0 Å². The number of hydrogen-bond acceptors (Lipinski definition) is 4. The average molecular weight is 300 g/mol. The topological polar surface area (TPSA) is 58.0 Å². The third-order valence-corrected chi connectivity index (χ3v) is 2.15. The minimum atomic E-state index is -4.54. The maximum absolute atomic E-state index is 12.4. The van der Waals surface area contributed by atoms with Gasteiger partial charge in [-0.15, -0.1) is 0 Å². The molecule has 90 valence electrons. The lowest BCUT2D eigenvalue weighted by molar-refractivity contribution is -0.141. The molecule has 0 saturated carbocycles. The number of halogens is 4. The van der Waals surface area contributed by atoms with Gasteiger partial charge in [-0.2, -0.15) is 13.2 Å². The highest BCUT2D eigenvalue weighted by Crippen LogP contribution is 2.33. The maximum atomic E-state index is 12.4. The van der Waals surface area contributed by atoms with Crippen molar-refractivity contribution in [2.24, 2.45) is 0 Å². The van der Waals surface area contributed by atoms with Gasteiger partial charge in [-0.3, -0.25) is 0 Å². The molecule has 0 unspecified atom stereocenters. The molecule has 0 amide bonds. The van der Waals surface area contributed by atoms with Gasteiger partial charge in [0.25, 0.3) is 0 Å². The van der Waals surface area contributed by atoms with Crippen molar-refractivity contribution in [3.8, 4) is 0 Å². The van der Waals surface area contributed by atoms with Gasteiger partial charge >= 0.3 is 6.18 Å². The molecule has 0 fully saturated rings. The molecule has 0 bridgehead atoms. The molecule has 0 saturated heterocycles. The number of aromatic nitrogens is 2. The van der Waals surface area contributed by atoms with Crippen LogP contribution in [0.2, 0.25) is 0 Å². The summed E-state index contributed by atoms with van der Waals surface area (Å²) in [6.45, 7) is 1.58. The highest BCUT2D eigenvalue weighted by Gasteiger charge is 2.35. The van der Waals surface area contributed by atoms with Crippen molar-refractivity contribution in [2.75, 3.05) is 11.9 Å². The smallest absolute Gasteiger partial charge is 0.392 e. The van der Waals surface area contributed by atoms with Gasteiger partial charge in [0.15, 0.2) is 5.69 Å². The van der Waals surface area contributed by atoms with E-state index in [4.69, 9.17) is 5.11 Å². The molecule has 1 aromatic heterocycles. The molecular weight excluding hydrogens is 291 g/mol. The van der Waals surface area contributed by atoms with Crippen LogP contribution in [0.25, 0.3) is 0 Å². The summed E-state index contributed by atoms with van der Waals surface area (Å²) in [5.41, 5.74) is -1.05. The number of alkyl halides is 3. The highest BCUT2D eigenvalue weighted by molar-refractivity contribution is 9.10. The van der Waals surface area contributed by atoms with Gasteiger partial charge in [-0.1, -0.05) is 0 Å². The van der Waals surface area contributed by atoms with Crippen LogP contribution in [-0.4, -0.2) is 27.7 Å². The molecule has 16 heavy (non-hydrogen) atoms. The van der Waals surface area contributed by atoms with E-state index < -0.39 is 18.0 Å². The summed E-state index contributed by atoms with van der Waals surface area (Å²) >= 11 is 2.72. The van der Waals surface area contributed by atoms with E-state index in [0.29, 0.717) is 0 Å². The number of aliphatic hydroxyl groups is 1. The standard InChI is InChI=1S/C8H9BrF3N3O/c1-4(16)2-13-7-14-3-5(9)6(15-7)8(10,11)12/h3-4,16H,2H2,1H3,(H,13,14,15)/t4-/m1/s1. The zero-order chi connectivity index (χ0) is 12.3. The predicted molar refractivity (Wildman–Crippen MR) is 54.9 cm³/mol. The molecule has 0 aliphatic rings. The van der Waals surface area contributed by atoms with E-state index in [1.807, 2.05) is 0 Å². The molecule has 2 N–H and O–H groups in total. The Morgan fingerprint density at radius 3 is 2.69 bits per heavy atom. The summed E-state index contributed by atoms with van der Waals surface area (Å²) in [7, 11) is 0. The molecule has 1 atom stereocenters. The van der Waals surface area contributed by atoms with Gasteiger partial charge in [0.1, 0.15) is 0 Å². The van der Waals surface area contributed by atoms with Crippen molar-refractivity contribution in [1.82, 2.24) is 9.97 Å². The Labute approximate surface area is 98.0 Å². The predicted octanol–water partition coefficient (Wildman–Crippen LogP) is 2.05. The number of nitrogens with zero attached hydrogens (tertiary/aromatic N) is 2. The molecule has 4 nitrogen and oxygen atoms in total. The fourth-order valence-corrected chi connectivity index (χ4v) is 1.31. The minimum Gasteiger partial charge on any atom is -0.392 e. The number of hydrogen-bond donors (Lipinski definition) is 2. The number of rotatable bonds is 3. The van der Waals surface area contributed by atoms with Crippen molar-refractivity contribution in [2.45, 2.75) is 19.2 Å². The Balaban J connectivity index is 2.90. The average Bonchev–Trinajstić information content (AvgIpc) is 2.14. The minimum absolute atomic E-state index is 0.0823. The first-order valence-electron chi connectivity index (χ1n) is 4.32. The lowest BCUT2D eigenvalue weighted by atomic mass is 10.4. The molecule has 0 aromatic carbocycles. The van der Waals surface area contributed by atoms with Crippen LogP contribution in [0.1, 0.15) is 12.6 Å². The van der Waals surface area contributed by atoms with Gasteiger partial charge < -0.3 is 10.4 Å². The largest absolute Gasteiger partial charge is 0.434 e. The monoisotopic (exact) mass is 299 g/mol. The first-order chi connectivity index (χ1) is 7.30. The van der Waals surface area contributed by atoms with Crippen molar-refractivity contribution in [3.63, 3.8) is 0 Å². The lowest BCUT2D eigenvalue weighted by Crippen LogP contribution is -2.18. The van der Waals surface area contributed by atoms with Gasteiger partial charge in [0.2, 0.25) is 5.95 Å². The van der Waals surface area contributed by atoms with Crippen molar-refractivity contribution in [1.29, 1.82) is 0 Å². The Bertz CT molecular complexity index is 370. The molecule has 1 aromatic rings. The zero-order valence-electron chi connectivity index (χ0n) is 8.22. The van der Waals surface area contributed by atoms with Gasteiger partial charge in [0, 0.05) is 12.7 Å². The quantitative estimate of drug-likeness (QED) is 0.897. The number of nitrogens with one attached hydrogen (secondary N) is 1. The second-order valence-electron chi connectivity index (χ2n) is 3.12. The Kier molecular flexibility index (Phi) is 4.09. The van der Waals surface area contributed by atoms with Crippen molar-refractivity contribution in [3.05, 3.63) is 16.4 Å². The summed E-state index contributed by atoms with van der Waals surface area (Å²) in [6.07, 6.45) is -4.22. The molecule has 0 spiro atoms. The van der Waals surface area contributed by atoms with Crippen LogP contribution in [0, 0.1) is 0 Å². The number of anilines is 1. The molecule has 0 aliphatic carbocycles. The fraction of sp³-hybridized carbons (Fsp3) is 0.500. The lowest BCUT2D eigenvalue weighted by Gasteiger charge is -2.11. The van der Waals surface area contributed by atoms with Crippen LogP contribution < -0.4 is 5.32 Å². The molecule has 8 heteroatoms. The second-order valence-corrected chi connectivity index (χ2v) is 3.97. The Hall–Kier alpha value is -0.890. The normalized spacial score (nSPS) is 13.6. The SMILES string of the molecule is C[C@@H](O)CNc1ncc(Br)c(C(F)(F)F)n1. The van der Waals surface area contributed by atoms with E-state index in [-0.39, 0.29) is 17.0 Å². The van der Waals surface area contributed by atoms with Crippen LogP contribution in [0.4, 0.5) is 19.1 Å². The molecule has 0 radical (unpaired) electrons. The van der Waals surface area contributed by atoms with Gasteiger partial charge in [0.05, 0.1) is 10.6 Å². The van der Waals surface area contributed by atoms with Crippen LogP contribution in [-0.2, 0) is 6.18 Å². The summed E-state index contributed by atoms with van der Waals surface area (Å²) in [4.78, 5) is 6.95. The third-order valence-electron chi connectivity index (χ3n) is 1.57. The second kappa shape index (κ2) is 4.96. The third kappa shape index (κ3) is 3.60. The van der Waals surface area contributed by atoms with E-state index >= 15 is 0 Å². The molecule has 1 rings (SSSR count). The molecule has 1 heterocycles. The molecular formula is C8H9BrF3N3O. The fourth-order valence-electron chi connectivity index (χ4n) is 0.890. The van der Waals surface area contributed by atoms with Gasteiger partial charge in [-0.05, 0) is 22.9 Å². The first kappa shape index (κ1) is 13.2. The Morgan fingerprint density at radius 1 is 1.56 bits per heavy atom. The van der Waals surface area contributed by atoms with E-state index in [1.54, 1.807) is 0 Å². The maximum Gasteiger partial charge on any atom is 0.434 e. The first-order valence-corrected chi connectivity index (χ1v) is 5.11. The van der Waals surface area contributed by atoms with Crippen LogP contribution in [0.3, 0.4) is 0 Å². The zero-order valence-corrected chi connectivity index (χ0v) is 9.80.